The van der Waals surface area contributed by atoms with E-state index in [0.29, 0.717) is 5.69 Å². The summed E-state index contributed by atoms with van der Waals surface area (Å²) in [4.78, 5) is 26.6. The first-order valence-electron chi connectivity index (χ1n) is 6.54. The van der Waals surface area contributed by atoms with Gasteiger partial charge in [0.2, 0.25) is 0 Å². The van der Waals surface area contributed by atoms with Crippen LogP contribution in [0.2, 0.25) is 0 Å². The number of carbonyl (C=O) groups excluding carboxylic acids is 2. The summed E-state index contributed by atoms with van der Waals surface area (Å²) in [5.74, 6) is -1.10. The second kappa shape index (κ2) is 5.82. The van der Waals surface area contributed by atoms with Gasteiger partial charge < -0.3 is 4.74 Å². The van der Waals surface area contributed by atoms with Crippen molar-refractivity contribution in [3.63, 3.8) is 0 Å². The number of fused-ring (bicyclic) bond motifs is 1. The highest BCUT2D eigenvalue weighted by atomic mass is 16.6. The van der Waals surface area contributed by atoms with Crippen molar-refractivity contribution in [1.29, 1.82) is 0 Å². The minimum atomic E-state index is -0.561. The molecule has 4 nitrogen and oxygen atoms in total. The Morgan fingerprint density at radius 3 is 2.75 bits per heavy atom. The summed E-state index contributed by atoms with van der Waals surface area (Å²) in [6, 6.07) is 7.86. The average molecular weight is 271 g/mol. The molecule has 0 fully saturated rings. The lowest BCUT2D eigenvalue weighted by Gasteiger charge is -2.17. The van der Waals surface area contributed by atoms with Gasteiger partial charge in [-0.1, -0.05) is 32.0 Å². The molecule has 2 rings (SSSR count). The fourth-order valence-corrected chi connectivity index (χ4v) is 2.37. The fraction of sp³-hybridized carbons (Fsp3) is 0.312. The smallest absolute Gasteiger partial charge is 0.322 e. The average Bonchev–Trinajstić information content (AvgIpc) is 2.39. The maximum Gasteiger partial charge on any atom is 0.322 e. The van der Waals surface area contributed by atoms with Gasteiger partial charge in [0.25, 0.3) is 0 Å². The number of hydrogen-bond donors (Lipinski definition) is 0. The van der Waals surface area contributed by atoms with Crippen molar-refractivity contribution in [2.45, 2.75) is 26.7 Å². The van der Waals surface area contributed by atoms with Crippen molar-refractivity contribution >= 4 is 23.2 Å². The molecule has 1 heterocycles. The third-order valence-corrected chi connectivity index (χ3v) is 3.41. The Kier molecular flexibility index (Phi) is 4.13. The molecule has 0 amide bonds. The van der Waals surface area contributed by atoms with E-state index in [1.165, 1.54) is 0 Å². The van der Waals surface area contributed by atoms with E-state index in [1.807, 2.05) is 45.0 Å². The highest BCUT2D eigenvalue weighted by Crippen LogP contribution is 2.27. The molecular formula is C16H17NO3. The van der Waals surface area contributed by atoms with Crippen LogP contribution in [-0.4, -0.2) is 17.4 Å². The third-order valence-electron chi connectivity index (χ3n) is 3.41. The Labute approximate surface area is 117 Å². The minimum Gasteiger partial charge on any atom is -0.395 e. The second-order valence-electron chi connectivity index (χ2n) is 5.16. The first-order valence-corrected chi connectivity index (χ1v) is 6.54. The molecule has 0 aliphatic rings. The van der Waals surface area contributed by atoms with Crippen molar-refractivity contribution in [1.82, 2.24) is 4.98 Å². The van der Waals surface area contributed by atoms with Crippen LogP contribution >= 0.6 is 0 Å². The molecule has 0 saturated heterocycles. The lowest BCUT2D eigenvalue weighted by atomic mass is 9.91. The highest BCUT2D eigenvalue weighted by Gasteiger charge is 2.27. The number of esters is 1. The van der Waals surface area contributed by atoms with E-state index >= 15 is 0 Å². The Hall–Kier alpha value is -2.23. The van der Waals surface area contributed by atoms with Gasteiger partial charge in [-0.3, -0.25) is 14.6 Å². The molecule has 104 valence electrons. The van der Waals surface area contributed by atoms with Crippen LogP contribution in [0.25, 0.3) is 10.8 Å². The van der Waals surface area contributed by atoms with E-state index in [4.69, 9.17) is 0 Å². The first kappa shape index (κ1) is 14.2. The largest absolute Gasteiger partial charge is 0.395 e. The lowest BCUT2D eigenvalue weighted by molar-refractivity contribution is -0.153. The van der Waals surface area contributed by atoms with Gasteiger partial charge in [0.05, 0.1) is 5.69 Å². The molecular weight excluding hydrogens is 254 g/mol. The lowest BCUT2D eigenvalue weighted by Crippen LogP contribution is -2.21. The summed E-state index contributed by atoms with van der Waals surface area (Å²) in [5, 5.41) is 2.09. The van der Waals surface area contributed by atoms with Gasteiger partial charge in [-0.15, -0.1) is 0 Å². The zero-order valence-corrected chi connectivity index (χ0v) is 11.8. The third kappa shape index (κ3) is 2.69. The van der Waals surface area contributed by atoms with Crippen LogP contribution in [0.3, 0.4) is 0 Å². The number of nitrogens with zero attached hydrogens (tertiary/aromatic N) is 1. The summed E-state index contributed by atoms with van der Waals surface area (Å²) in [6.07, 6.45) is 1.77. The van der Waals surface area contributed by atoms with Crippen molar-refractivity contribution in [2.24, 2.45) is 5.92 Å². The van der Waals surface area contributed by atoms with Crippen LogP contribution in [0.1, 0.15) is 31.0 Å². The van der Waals surface area contributed by atoms with Crippen molar-refractivity contribution in [3.8, 4) is 0 Å². The van der Waals surface area contributed by atoms with E-state index in [0.717, 1.165) is 16.3 Å². The Morgan fingerprint density at radius 1 is 1.35 bits per heavy atom. The van der Waals surface area contributed by atoms with Gasteiger partial charge in [-0.2, -0.15) is 0 Å². The molecule has 1 aromatic carbocycles. The molecule has 0 saturated carbocycles. The molecule has 0 aliphatic heterocycles. The van der Waals surface area contributed by atoms with Crippen molar-refractivity contribution in [3.05, 3.63) is 41.7 Å². The van der Waals surface area contributed by atoms with E-state index < -0.39 is 11.9 Å². The van der Waals surface area contributed by atoms with Gasteiger partial charge in [0.1, 0.15) is 5.92 Å². The predicted octanol–water partition coefficient (Wildman–Crippen LogP) is 2.98. The van der Waals surface area contributed by atoms with Crippen molar-refractivity contribution in [2.75, 3.05) is 0 Å². The standard InChI is InChI=1S/C16H17NO3/c1-10(2)15(16(19)20-9-18)14-7-12-6-4-5-11(3)13(12)8-17-14/h4-10,15H,1-3H3. The summed E-state index contributed by atoms with van der Waals surface area (Å²) >= 11 is 0. The molecule has 0 radical (unpaired) electrons. The Morgan fingerprint density at radius 2 is 2.10 bits per heavy atom. The number of rotatable bonds is 4. The highest BCUT2D eigenvalue weighted by molar-refractivity contribution is 5.87. The predicted molar refractivity (Wildman–Crippen MR) is 76.2 cm³/mol. The maximum atomic E-state index is 11.9. The summed E-state index contributed by atoms with van der Waals surface area (Å²) in [7, 11) is 0. The van der Waals surface area contributed by atoms with Crippen LogP contribution in [0.4, 0.5) is 0 Å². The SMILES string of the molecule is Cc1cccc2cc(C(C(=O)OC=O)C(C)C)ncc12. The quantitative estimate of drug-likeness (QED) is 0.487. The minimum absolute atomic E-state index is 0.00258. The van der Waals surface area contributed by atoms with Gasteiger partial charge in [-0.25, -0.2) is 0 Å². The first-order chi connectivity index (χ1) is 9.54. The number of aromatic nitrogens is 1. The normalized spacial score (nSPS) is 12.4. The molecule has 4 heteroatoms. The fourth-order valence-electron chi connectivity index (χ4n) is 2.37. The molecule has 0 N–H and O–H groups in total. The molecule has 20 heavy (non-hydrogen) atoms. The second-order valence-corrected chi connectivity index (χ2v) is 5.16. The summed E-state index contributed by atoms with van der Waals surface area (Å²) < 4.78 is 4.50. The number of hydrogen-bond acceptors (Lipinski definition) is 4. The Balaban J connectivity index is 2.49. The van der Waals surface area contributed by atoms with Crippen molar-refractivity contribution < 1.29 is 14.3 Å². The number of aryl methyl sites for hydroxylation is 1. The summed E-state index contributed by atoms with van der Waals surface area (Å²) in [6.45, 7) is 5.99. The molecule has 2 aromatic rings. The van der Waals surface area contributed by atoms with Crippen LogP contribution in [0.5, 0.6) is 0 Å². The maximum absolute atomic E-state index is 11.9. The van der Waals surface area contributed by atoms with Crippen LogP contribution in [-0.2, 0) is 14.3 Å². The van der Waals surface area contributed by atoms with E-state index in [2.05, 4.69) is 9.72 Å². The molecule has 0 bridgehead atoms. The number of pyridine rings is 1. The van der Waals surface area contributed by atoms with Crippen LogP contribution < -0.4 is 0 Å². The van der Waals surface area contributed by atoms with Gasteiger partial charge in [0, 0.05) is 11.6 Å². The number of ether oxygens (including phenoxy) is 1. The van der Waals surface area contributed by atoms with Gasteiger partial charge >= 0.3 is 12.4 Å². The Bertz CT molecular complexity index is 649. The molecule has 1 unspecified atom stereocenters. The molecule has 0 aliphatic carbocycles. The van der Waals surface area contributed by atoms with Gasteiger partial charge in [0.15, 0.2) is 0 Å². The zero-order valence-electron chi connectivity index (χ0n) is 11.8. The summed E-state index contributed by atoms with van der Waals surface area (Å²) in [5.41, 5.74) is 1.77. The monoisotopic (exact) mass is 271 g/mol. The number of carbonyl (C=O) groups is 2. The topological polar surface area (TPSA) is 56.3 Å². The zero-order chi connectivity index (χ0) is 14.7. The molecule has 1 atom stereocenters. The molecule has 1 aromatic heterocycles. The molecule has 0 spiro atoms. The van der Waals surface area contributed by atoms with Gasteiger partial charge in [-0.05, 0) is 29.9 Å². The van der Waals surface area contributed by atoms with Crippen LogP contribution in [0, 0.1) is 12.8 Å². The van der Waals surface area contributed by atoms with E-state index in [9.17, 15) is 9.59 Å². The van der Waals surface area contributed by atoms with Crippen LogP contribution in [0.15, 0.2) is 30.5 Å². The number of benzene rings is 1. The van der Waals surface area contributed by atoms with E-state index in [1.54, 1.807) is 6.20 Å². The van der Waals surface area contributed by atoms with E-state index in [-0.39, 0.29) is 12.4 Å².